The Morgan fingerprint density at radius 3 is 2.87 bits per heavy atom. The van der Waals surface area contributed by atoms with Gasteiger partial charge in [0, 0.05) is 32.3 Å². The van der Waals surface area contributed by atoms with Gasteiger partial charge in [-0.3, -0.25) is 9.59 Å². The predicted molar refractivity (Wildman–Crippen MR) is 116 cm³/mol. The number of carbonyl (C=O) groups excluding carboxylic acids is 2. The summed E-state index contributed by atoms with van der Waals surface area (Å²) in [7, 11) is 0. The van der Waals surface area contributed by atoms with Crippen molar-refractivity contribution in [2.24, 2.45) is 17.8 Å². The Morgan fingerprint density at radius 2 is 2.13 bits per heavy atom. The van der Waals surface area contributed by atoms with Crippen LogP contribution in [0.5, 0.6) is 0 Å². The molecule has 0 bridgehead atoms. The van der Waals surface area contributed by atoms with Crippen LogP contribution in [0.15, 0.2) is 23.8 Å². The van der Waals surface area contributed by atoms with Crippen molar-refractivity contribution in [3.05, 3.63) is 23.8 Å². The van der Waals surface area contributed by atoms with Gasteiger partial charge in [-0.25, -0.2) is 0 Å². The molecule has 1 saturated heterocycles. The van der Waals surface area contributed by atoms with Gasteiger partial charge in [-0.05, 0) is 56.4 Å². The van der Waals surface area contributed by atoms with Crippen LogP contribution >= 0.6 is 0 Å². The molecule has 1 aliphatic heterocycles. The maximum absolute atomic E-state index is 12.3. The minimum absolute atomic E-state index is 0.105. The van der Waals surface area contributed by atoms with E-state index < -0.39 is 0 Å². The average Bonchev–Trinajstić information content (AvgIpc) is 3.24. The number of carbonyl (C=O) groups is 2. The SMILES string of the molecule is CCCCCC(=O)C=C[C@H]1[C@H]2CC(CCOC(C)=O)=C[C@@H]2C[C@@H]1OC1CCCCO1. The van der Waals surface area contributed by atoms with Gasteiger partial charge in [0.25, 0.3) is 0 Å². The van der Waals surface area contributed by atoms with Crippen LogP contribution < -0.4 is 0 Å². The monoisotopic (exact) mass is 418 g/mol. The minimum Gasteiger partial charge on any atom is -0.466 e. The molecule has 30 heavy (non-hydrogen) atoms. The molecule has 0 aromatic carbocycles. The average molecular weight is 419 g/mol. The van der Waals surface area contributed by atoms with Crippen LogP contribution in [0.3, 0.4) is 0 Å². The standard InChI is InChI=1S/C25H38O5/c1-3-4-5-8-21(27)10-11-22-23-16-19(12-14-28-18(2)26)15-20(23)17-24(22)30-25-9-6-7-13-29-25/h10-11,15,20,22-25H,3-9,12-14,16-17H2,1-2H3/t20-,22+,23+,24+,25?/m1/s1. The van der Waals surface area contributed by atoms with Crippen LogP contribution in [0.25, 0.3) is 0 Å². The maximum atomic E-state index is 12.3. The zero-order chi connectivity index (χ0) is 21.3. The number of esters is 1. The fraction of sp³-hybridized carbons (Fsp3) is 0.760. The van der Waals surface area contributed by atoms with Gasteiger partial charge < -0.3 is 14.2 Å². The van der Waals surface area contributed by atoms with Crippen molar-refractivity contribution < 1.29 is 23.8 Å². The van der Waals surface area contributed by atoms with E-state index in [1.807, 2.05) is 0 Å². The molecule has 0 radical (unpaired) electrons. The number of allylic oxidation sites excluding steroid dienone is 2. The zero-order valence-corrected chi connectivity index (χ0v) is 18.6. The van der Waals surface area contributed by atoms with Crippen LogP contribution in [-0.4, -0.2) is 37.4 Å². The summed E-state index contributed by atoms with van der Waals surface area (Å²) in [4.78, 5) is 23.3. The fourth-order valence-corrected chi connectivity index (χ4v) is 5.10. The van der Waals surface area contributed by atoms with Gasteiger partial charge in [0.15, 0.2) is 12.1 Å². The molecule has 5 atom stereocenters. The Morgan fingerprint density at radius 1 is 1.27 bits per heavy atom. The van der Waals surface area contributed by atoms with Gasteiger partial charge in [-0.2, -0.15) is 0 Å². The van der Waals surface area contributed by atoms with Gasteiger partial charge in [0.2, 0.25) is 0 Å². The number of hydrogen-bond donors (Lipinski definition) is 0. The quantitative estimate of drug-likeness (QED) is 0.201. The number of ketones is 1. The van der Waals surface area contributed by atoms with Crippen molar-refractivity contribution in [2.45, 2.75) is 90.4 Å². The van der Waals surface area contributed by atoms with E-state index in [0.717, 1.165) is 64.4 Å². The second kappa shape index (κ2) is 11.8. The summed E-state index contributed by atoms with van der Waals surface area (Å²) in [6, 6.07) is 0. The van der Waals surface area contributed by atoms with E-state index in [0.29, 0.717) is 24.9 Å². The van der Waals surface area contributed by atoms with E-state index in [1.165, 1.54) is 12.5 Å². The lowest BCUT2D eigenvalue weighted by Crippen LogP contribution is -2.30. The number of unbranched alkanes of at least 4 members (excludes halogenated alkanes) is 2. The summed E-state index contributed by atoms with van der Waals surface area (Å²) in [6.07, 6.45) is 16.1. The maximum Gasteiger partial charge on any atom is 0.302 e. The molecular weight excluding hydrogens is 380 g/mol. The topological polar surface area (TPSA) is 61.8 Å². The van der Waals surface area contributed by atoms with E-state index >= 15 is 0 Å². The third-order valence-electron chi connectivity index (χ3n) is 6.65. The molecule has 5 heteroatoms. The second-order valence-corrected chi connectivity index (χ2v) is 9.01. The molecule has 1 saturated carbocycles. The van der Waals surface area contributed by atoms with Gasteiger partial charge in [0.05, 0.1) is 12.7 Å². The molecule has 0 amide bonds. The molecule has 2 fully saturated rings. The van der Waals surface area contributed by atoms with E-state index in [-0.39, 0.29) is 30.1 Å². The molecular formula is C25H38O5. The van der Waals surface area contributed by atoms with Crippen molar-refractivity contribution >= 4 is 11.8 Å². The molecule has 5 nitrogen and oxygen atoms in total. The Bertz CT molecular complexity index is 631. The largest absolute Gasteiger partial charge is 0.466 e. The van der Waals surface area contributed by atoms with Crippen molar-refractivity contribution in [3.63, 3.8) is 0 Å². The van der Waals surface area contributed by atoms with Crippen molar-refractivity contribution in [1.82, 2.24) is 0 Å². The Labute approximate surface area is 181 Å². The van der Waals surface area contributed by atoms with Gasteiger partial charge >= 0.3 is 5.97 Å². The van der Waals surface area contributed by atoms with E-state index in [4.69, 9.17) is 14.2 Å². The van der Waals surface area contributed by atoms with Crippen LogP contribution in [0.4, 0.5) is 0 Å². The molecule has 3 aliphatic rings. The zero-order valence-electron chi connectivity index (χ0n) is 18.6. The van der Waals surface area contributed by atoms with Gasteiger partial charge in [0.1, 0.15) is 0 Å². The summed E-state index contributed by atoms with van der Waals surface area (Å²) < 4.78 is 17.3. The Hall–Kier alpha value is -1.46. The number of fused-ring (bicyclic) bond motifs is 1. The van der Waals surface area contributed by atoms with Crippen LogP contribution in [0, 0.1) is 17.8 Å². The Kier molecular flexibility index (Phi) is 9.13. The molecule has 3 rings (SSSR count). The van der Waals surface area contributed by atoms with Crippen molar-refractivity contribution in [3.8, 4) is 0 Å². The molecule has 0 spiro atoms. The number of rotatable bonds is 11. The summed E-state index contributed by atoms with van der Waals surface area (Å²) >= 11 is 0. The lowest BCUT2D eigenvalue weighted by molar-refractivity contribution is -0.192. The molecule has 2 aliphatic carbocycles. The van der Waals surface area contributed by atoms with Crippen LogP contribution in [0.1, 0.15) is 78.1 Å². The second-order valence-electron chi connectivity index (χ2n) is 9.01. The molecule has 0 aromatic heterocycles. The Balaban J connectivity index is 1.61. The lowest BCUT2D eigenvalue weighted by Gasteiger charge is -2.29. The summed E-state index contributed by atoms with van der Waals surface area (Å²) in [5, 5.41) is 0. The van der Waals surface area contributed by atoms with E-state index in [1.54, 1.807) is 6.08 Å². The highest BCUT2D eigenvalue weighted by Gasteiger charge is 2.45. The van der Waals surface area contributed by atoms with Gasteiger partial charge in [-0.1, -0.05) is 37.5 Å². The summed E-state index contributed by atoms with van der Waals surface area (Å²) in [5.74, 6) is 1.16. The lowest BCUT2D eigenvalue weighted by atomic mass is 9.88. The van der Waals surface area contributed by atoms with Gasteiger partial charge in [-0.15, -0.1) is 0 Å². The number of hydrogen-bond acceptors (Lipinski definition) is 5. The number of ether oxygens (including phenoxy) is 3. The van der Waals surface area contributed by atoms with Crippen LogP contribution in [0.2, 0.25) is 0 Å². The van der Waals surface area contributed by atoms with Crippen molar-refractivity contribution in [2.75, 3.05) is 13.2 Å². The summed E-state index contributed by atoms with van der Waals surface area (Å²) in [5.41, 5.74) is 1.37. The van der Waals surface area contributed by atoms with Crippen LogP contribution in [-0.2, 0) is 23.8 Å². The third-order valence-corrected chi connectivity index (χ3v) is 6.65. The summed E-state index contributed by atoms with van der Waals surface area (Å²) in [6.45, 7) is 4.83. The predicted octanol–water partition coefficient (Wildman–Crippen LogP) is 5.14. The first kappa shape index (κ1) is 23.2. The normalized spacial score (nSPS) is 31.0. The molecule has 1 heterocycles. The fourth-order valence-electron chi connectivity index (χ4n) is 5.10. The first-order valence-corrected chi connectivity index (χ1v) is 11.9. The minimum atomic E-state index is -0.225. The first-order valence-electron chi connectivity index (χ1n) is 11.9. The van der Waals surface area contributed by atoms with Crippen molar-refractivity contribution in [1.29, 1.82) is 0 Å². The molecule has 0 N–H and O–H groups in total. The highest BCUT2D eigenvalue weighted by Crippen LogP contribution is 2.49. The molecule has 1 unspecified atom stereocenters. The first-order chi connectivity index (χ1) is 14.6. The molecule has 168 valence electrons. The highest BCUT2D eigenvalue weighted by atomic mass is 16.7. The van der Waals surface area contributed by atoms with E-state index in [2.05, 4.69) is 19.1 Å². The molecule has 0 aromatic rings. The smallest absolute Gasteiger partial charge is 0.302 e. The third kappa shape index (κ3) is 6.78. The highest BCUT2D eigenvalue weighted by molar-refractivity contribution is 5.89. The van der Waals surface area contributed by atoms with E-state index in [9.17, 15) is 9.59 Å².